The first-order valence-corrected chi connectivity index (χ1v) is 10.9. The highest BCUT2D eigenvalue weighted by molar-refractivity contribution is 5.88. The van der Waals surface area contributed by atoms with Crippen LogP contribution in [0.15, 0.2) is 42.6 Å². The minimum Gasteiger partial charge on any atom is -0.342 e. The van der Waals surface area contributed by atoms with Gasteiger partial charge in [-0.3, -0.25) is 4.79 Å². The highest BCUT2D eigenvalue weighted by atomic mass is 16.6. The van der Waals surface area contributed by atoms with Crippen molar-refractivity contribution in [3.63, 3.8) is 0 Å². The summed E-state index contributed by atoms with van der Waals surface area (Å²) in [6, 6.07) is 12.5. The normalized spacial score (nSPS) is 28.2. The predicted molar refractivity (Wildman–Crippen MR) is 108 cm³/mol. The topological polar surface area (TPSA) is 58.6 Å². The smallest absolute Gasteiger partial charge is 0.257 e. The zero-order valence-corrected chi connectivity index (χ0v) is 16.5. The summed E-state index contributed by atoms with van der Waals surface area (Å²) in [5.41, 5.74) is 1.71. The summed E-state index contributed by atoms with van der Waals surface area (Å²) in [4.78, 5) is 27.0. The third-order valence-corrected chi connectivity index (χ3v) is 7.02. The first kappa shape index (κ1) is 17.4. The average Bonchev–Trinajstić information content (AvgIpc) is 3.50. The Labute approximate surface area is 170 Å². The van der Waals surface area contributed by atoms with E-state index in [1.54, 1.807) is 0 Å². The Kier molecular flexibility index (Phi) is 3.91. The molecule has 0 unspecified atom stereocenters. The van der Waals surface area contributed by atoms with Gasteiger partial charge in [0.2, 0.25) is 5.95 Å². The van der Waals surface area contributed by atoms with Crippen LogP contribution in [0.5, 0.6) is 0 Å². The zero-order valence-electron chi connectivity index (χ0n) is 16.5. The van der Waals surface area contributed by atoms with Crippen molar-refractivity contribution in [2.24, 2.45) is 0 Å². The van der Waals surface area contributed by atoms with Crippen LogP contribution < -0.4 is 4.90 Å². The van der Waals surface area contributed by atoms with E-state index in [-0.39, 0.29) is 18.2 Å². The van der Waals surface area contributed by atoms with E-state index in [9.17, 15) is 4.79 Å². The van der Waals surface area contributed by atoms with Crippen LogP contribution in [0.3, 0.4) is 0 Å². The van der Waals surface area contributed by atoms with Gasteiger partial charge in [-0.2, -0.15) is 0 Å². The van der Waals surface area contributed by atoms with Gasteiger partial charge in [0.25, 0.3) is 5.91 Å². The number of carbonyl (C=O) groups excluding carboxylic acids is 1. The molecule has 1 aliphatic carbocycles. The molecule has 1 spiro atoms. The van der Waals surface area contributed by atoms with Crippen LogP contribution in [0.4, 0.5) is 5.95 Å². The second-order valence-electron chi connectivity index (χ2n) is 8.83. The molecule has 0 radical (unpaired) electrons. The minimum atomic E-state index is -0.664. The Morgan fingerprint density at radius 3 is 2.55 bits per heavy atom. The molecule has 4 fully saturated rings. The average molecular weight is 390 g/mol. The molecule has 1 aromatic carbocycles. The number of amides is 1. The van der Waals surface area contributed by atoms with Crippen LogP contribution >= 0.6 is 0 Å². The van der Waals surface area contributed by atoms with Gasteiger partial charge in [-0.05, 0) is 37.3 Å². The lowest BCUT2D eigenvalue weighted by Crippen LogP contribution is -2.50. The van der Waals surface area contributed by atoms with Crippen LogP contribution in [0.1, 0.15) is 61.7 Å². The van der Waals surface area contributed by atoms with E-state index in [0.29, 0.717) is 18.8 Å². The summed E-state index contributed by atoms with van der Waals surface area (Å²) in [6.07, 6.45) is 7.58. The van der Waals surface area contributed by atoms with Crippen molar-refractivity contribution in [3.05, 3.63) is 53.9 Å². The monoisotopic (exact) mass is 390 g/mol. The number of aromatic nitrogens is 2. The van der Waals surface area contributed by atoms with E-state index >= 15 is 0 Å². The standard InChI is InChI=1S/C23H26N4O2/c28-21-23(29-20-9-8-19(27(20)21)17-4-2-1-3-5-17)11-14-26(15-12-23)22-24-13-10-18(25-22)16-6-7-16/h1-5,10,13,16,19-20H,6-9,11-12,14-15H2/t19-,20+/m0/s1. The first-order valence-electron chi connectivity index (χ1n) is 10.9. The molecule has 4 heterocycles. The number of hydrogen-bond donors (Lipinski definition) is 0. The van der Waals surface area contributed by atoms with Crippen molar-refractivity contribution < 1.29 is 9.53 Å². The molecule has 29 heavy (non-hydrogen) atoms. The molecule has 3 aliphatic heterocycles. The number of hydrogen-bond acceptors (Lipinski definition) is 5. The van der Waals surface area contributed by atoms with Crippen molar-refractivity contribution in [1.29, 1.82) is 0 Å². The van der Waals surface area contributed by atoms with Gasteiger partial charge in [0.1, 0.15) is 6.23 Å². The Morgan fingerprint density at radius 1 is 1.00 bits per heavy atom. The third-order valence-electron chi connectivity index (χ3n) is 7.02. The molecule has 2 atom stereocenters. The molecule has 2 aromatic rings. The summed E-state index contributed by atoms with van der Waals surface area (Å²) in [6.45, 7) is 1.52. The fourth-order valence-corrected chi connectivity index (χ4v) is 5.24. The van der Waals surface area contributed by atoms with Gasteiger partial charge in [-0.1, -0.05) is 30.3 Å². The van der Waals surface area contributed by atoms with Gasteiger partial charge < -0.3 is 14.5 Å². The van der Waals surface area contributed by atoms with Crippen molar-refractivity contribution in [1.82, 2.24) is 14.9 Å². The lowest BCUT2D eigenvalue weighted by molar-refractivity contribution is -0.140. The molecule has 1 saturated carbocycles. The number of piperidine rings is 1. The van der Waals surface area contributed by atoms with Crippen molar-refractivity contribution in [3.8, 4) is 0 Å². The second kappa shape index (κ2) is 6.52. The number of fused-ring (bicyclic) bond motifs is 1. The molecule has 4 aliphatic rings. The van der Waals surface area contributed by atoms with Gasteiger partial charge in [0, 0.05) is 43.7 Å². The quantitative estimate of drug-likeness (QED) is 0.804. The summed E-state index contributed by atoms with van der Waals surface area (Å²) in [5.74, 6) is 1.60. The Bertz CT molecular complexity index is 921. The van der Waals surface area contributed by atoms with Gasteiger partial charge in [-0.15, -0.1) is 0 Å². The molecule has 1 amide bonds. The van der Waals surface area contributed by atoms with E-state index < -0.39 is 5.60 Å². The highest BCUT2D eigenvalue weighted by Crippen LogP contribution is 2.47. The second-order valence-corrected chi connectivity index (χ2v) is 8.83. The molecule has 1 aromatic heterocycles. The van der Waals surface area contributed by atoms with E-state index in [0.717, 1.165) is 37.6 Å². The van der Waals surface area contributed by atoms with E-state index in [4.69, 9.17) is 9.72 Å². The molecule has 0 N–H and O–H groups in total. The zero-order chi connectivity index (χ0) is 19.4. The number of ether oxygens (including phenoxy) is 1. The Balaban J connectivity index is 1.19. The Hall–Kier alpha value is -2.47. The molecule has 150 valence electrons. The number of anilines is 1. The molecule has 6 heteroatoms. The van der Waals surface area contributed by atoms with Crippen molar-refractivity contribution >= 4 is 11.9 Å². The van der Waals surface area contributed by atoms with Crippen LogP contribution in [0, 0.1) is 0 Å². The molecular formula is C23H26N4O2. The summed E-state index contributed by atoms with van der Waals surface area (Å²) >= 11 is 0. The first-order chi connectivity index (χ1) is 14.2. The molecule has 3 saturated heterocycles. The maximum absolute atomic E-state index is 13.5. The number of carbonyl (C=O) groups is 1. The van der Waals surface area contributed by atoms with E-state index in [1.807, 2.05) is 35.4 Å². The molecule has 6 rings (SSSR count). The Morgan fingerprint density at radius 2 is 1.79 bits per heavy atom. The van der Waals surface area contributed by atoms with Gasteiger partial charge in [0.05, 0.1) is 6.04 Å². The molecular weight excluding hydrogens is 364 g/mol. The van der Waals surface area contributed by atoms with E-state index in [1.165, 1.54) is 18.4 Å². The van der Waals surface area contributed by atoms with Gasteiger partial charge in [0.15, 0.2) is 5.60 Å². The van der Waals surface area contributed by atoms with Crippen molar-refractivity contribution in [2.75, 3.05) is 18.0 Å². The van der Waals surface area contributed by atoms with Crippen LogP contribution in [-0.4, -0.2) is 45.7 Å². The third kappa shape index (κ3) is 2.84. The minimum absolute atomic E-state index is 0.0753. The highest BCUT2D eigenvalue weighted by Gasteiger charge is 2.58. The fraction of sp³-hybridized carbons (Fsp3) is 0.522. The summed E-state index contributed by atoms with van der Waals surface area (Å²) in [7, 11) is 0. The molecule has 0 bridgehead atoms. The van der Waals surface area contributed by atoms with Crippen LogP contribution in [0.2, 0.25) is 0 Å². The molecule has 6 nitrogen and oxygen atoms in total. The largest absolute Gasteiger partial charge is 0.342 e. The number of benzene rings is 1. The lowest BCUT2D eigenvalue weighted by Gasteiger charge is -2.37. The maximum atomic E-state index is 13.5. The van der Waals surface area contributed by atoms with Crippen LogP contribution in [0.25, 0.3) is 0 Å². The lowest BCUT2D eigenvalue weighted by atomic mass is 9.89. The van der Waals surface area contributed by atoms with Gasteiger partial charge >= 0.3 is 0 Å². The summed E-state index contributed by atoms with van der Waals surface area (Å²) in [5, 5.41) is 0. The SMILES string of the molecule is O=C1N2[C@@H](CC[C@H]2c2ccccc2)OC12CCN(c1nccc(C3CC3)n1)CC2. The van der Waals surface area contributed by atoms with E-state index in [2.05, 4.69) is 22.0 Å². The fourth-order valence-electron chi connectivity index (χ4n) is 5.24. The number of nitrogens with zero attached hydrogens (tertiary/aromatic N) is 4. The number of rotatable bonds is 3. The van der Waals surface area contributed by atoms with Crippen LogP contribution in [-0.2, 0) is 9.53 Å². The predicted octanol–water partition coefficient (Wildman–Crippen LogP) is 3.41. The van der Waals surface area contributed by atoms with Gasteiger partial charge in [-0.25, -0.2) is 9.97 Å². The summed E-state index contributed by atoms with van der Waals surface area (Å²) < 4.78 is 6.44. The maximum Gasteiger partial charge on any atom is 0.257 e. The van der Waals surface area contributed by atoms with Crippen molar-refractivity contribution in [2.45, 2.75) is 62.3 Å².